The molecule has 122 valence electrons. The maximum absolute atomic E-state index is 12.8. The molecule has 4 nitrogen and oxygen atoms in total. The molecule has 0 unspecified atom stereocenters. The molecule has 1 amide bonds. The third-order valence-electron chi connectivity index (χ3n) is 2.82. The largest absolute Gasteiger partial charge is 0.489 e. The molecule has 1 aromatic carbocycles. The Morgan fingerprint density at radius 1 is 1.36 bits per heavy atom. The molecule has 1 aromatic rings. The minimum Gasteiger partial charge on any atom is -0.489 e. The number of benzene rings is 1. The van der Waals surface area contributed by atoms with Crippen LogP contribution in [0.15, 0.2) is 30.9 Å². The van der Waals surface area contributed by atoms with E-state index in [4.69, 9.17) is 10.5 Å². The highest BCUT2D eigenvalue weighted by atomic mass is 19.4. The molecule has 1 rings (SSSR count). The van der Waals surface area contributed by atoms with Gasteiger partial charge in [-0.3, -0.25) is 4.79 Å². The Hall–Kier alpha value is -2.02. The minimum absolute atomic E-state index is 0.0872. The first-order chi connectivity index (χ1) is 10.4. The summed E-state index contributed by atoms with van der Waals surface area (Å²) in [4.78, 5) is 12.1. The number of rotatable bonds is 8. The fourth-order valence-electron chi connectivity index (χ4n) is 1.72. The monoisotopic (exact) mass is 316 g/mol. The Kier molecular flexibility index (Phi) is 6.91. The van der Waals surface area contributed by atoms with E-state index in [1.54, 1.807) is 0 Å². The number of alkyl halides is 3. The molecule has 0 spiro atoms. The van der Waals surface area contributed by atoms with Gasteiger partial charge in [-0.2, -0.15) is 13.2 Å². The Morgan fingerprint density at radius 2 is 2.09 bits per heavy atom. The average molecular weight is 316 g/mol. The van der Waals surface area contributed by atoms with Crippen LogP contribution in [-0.4, -0.2) is 25.6 Å². The van der Waals surface area contributed by atoms with E-state index in [-0.39, 0.29) is 17.9 Å². The van der Waals surface area contributed by atoms with Gasteiger partial charge in [0.05, 0.1) is 11.1 Å². The van der Waals surface area contributed by atoms with Crippen LogP contribution in [0.2, 0.25) is 0 Å². The van der Waals surface area contributed by atoms with Gasteiger partial charge in [-0.1, -0.05) is 12.7 Å². The van der Waals surface area contributed by atoms with E-state index in [0.717, 1.165) is 24.6 Å². The first-order valence-corrected chi connectivity index (χ1v) is 6.83. The van der Waals surface area contributed by atoms with Crippen molar-refractivity contribution in [3.05, 3.63) is 42.0 Å². The van der Waals surface area contributed by atoms with Gasteiger partial charge in [-0.15, -0.1) is 0 Å². The number of amides is 1. The summed E-state index contributed by atoms with van der Waals surface area (Å²) in [6, 6.07) is 2.81. The Labute approximate surface area is 127 Å². The standard InChI is InChI=1S/C15H19F3N2O2/c1-2-9-22-13-6-5-11(15(16,17)18)10-12(13)14(21)20-8-4-3-7-19/h2,5-6,10H,1,3-4,7-9,19H2,(H,20,21). The second-order valence-corrected chi connectivity index (χ2v) is 4.56. The first kappa shape index (κ1) is 18.0. The van der Waals surface area contributed by atoms with Crippen molar-refractivity contribution in [3.63, 3.8) is 0 Å². The van der Waals surface area contributed by atoms with Crippen LogP contribution in [0.4, 0.5) is 13.2 Å². The van der Waals surface area contributed by atoms with Crippen LogP contribution in [0.25, 0.3) is 0 Å². The SMILES string of the molecule is C=CCOc1ccc(C(F)(F)F)cc1C(=O)NCCCCN. The number of hydrogen-bond donors (Lipinski definition) is 2. The zero-order chi connectivity index (χ0) is 16.6. The molecule has 0 bridgehead atoms. The molecular weight excluding hydrogens is 297 g/mol. The first-order valence-electron chi connectivity index (χ1n) is 6.83. The van der Waals surface area contributed by atoms with Gasteiger partial charge >= 0.3 is 6.18 Å². The molecule has 0 heterocycles. The molecule has 0 saturated heterocycles. The molecule has 0 saturated carbocycles. The van der Waals surface area contributed by atoms with Gasteiger partial charge in [-0.05, 0) is 37.6 Å². The smallest absolute Gasteiger partial charge is 0.416 e. The van der Waals surface area contributed by atoms with E-state index >= 15 is 0 Å². The van der Waals surface area contributed by atoms with Gasteiger partial charge in [0, 0.05) is 6.54 Å². The molecule has 0 aromatic heterocycles. The molecule has 0 aliphatic rings. The van der Waals surface area contributed by atoms with Crippen LogP contribution in [0, 0.1) is 0 Å². The van der Waals surface area contributed by atoms with Crippen LogP contribution in [0.1, 0.15) is 28.8 Å². The van der Waals surface area contributed by atoms with Crippen molar-refractivity contribution in [1.29, 1.82) is 0 Å². The second kappa shape index (κ2) is 8.43. The van der Waals surface area contributed by atoms with Crippen molar-refractivity contribution in [3.8, 4) is 5.75 Å². The Morgan fingerprint density at radius 3 is 2.68 bits per heavy atom. The number of nitrogens with two attached hydrogens (primary N) is 1. The van der Waals surface area contributed by atoms with E-state index < -0.39 is 17.6 Å². The third kappa shape index (κ3) is 5.40. The molecule has 0 fully saturated rings. The van der Waals surface area contributed by atoms with E-state index in [2.05, 4.69) is 11.9 Å². The number of ether oxygens (including phenoxy) is 1. The lowest BCUT2D eigenvalue weighted by Crippen LogP contribution is -2.26. The third-order valence-corrected chi connectivity index (χ3v) is 2.82. The molecule has 3 N–H and O–H groups in total. The number of hydrogen-bond acceptors (Lipinski definition) is 3. The second-order valence-electron chi connectivity index (χ2n) is 4.56. The minimum atomic E-state index is -4.52. The predicted octanol–water partition coefficient (Wildman–Crippen LogP) is 2.74. The number of carbonyl (C=O) groups excluding carboxylic acids is 1. The van der Waals surface area contributed by atoms with Gasteiger partial charge in [0.25, 0.3) is 5.91 Å². The van der Waals surface area contributed by atoms with Crippen LogP contribution in [0.5, 0.6) is 5.75 Å². The van der Waals surface area contributed by atoms with Crippen molar-refractivity contribution >= 4 is 5.91 Å². The lowest BCUT2D eigenvalue weighted by molar-refractivity contribution is -0.137. The molecule has 22 heavy (non-hydrogen) atoms. The van der Waals surface area contributed by atoms with Gasteiger partial charge in [0.15, 0.2) is 0 Å². The van der Waals surface area contributed by atoms with Gasteiger partial charge in [0.1, 0.15) is 12.4 Å². The molecule has 7 heteroatoms. The van der Waals surface area contributed by atoms with Crippen molar-refractivity contribution < 1.29 is 22.7 Å². The highest BCUT2D eigenvalue weighted by Crippen LogP contribution is 2.32. The van der Waals surface area contributed by atoms with Gasteiger partial charge in [0.2, 0.25) is 0 Å². The zero-order valence-electron chi connectivity index (χ0n) is 12.1. The number of nitrogens with one attached hydrogen (secondary N) is 1. The molecule has 0 aliphatic carbocycles. The van der Waals surface area contributed by atoms with Crippen molar-refractivity contribution in [2.24, 2.45) is 5.73 Å². The predicted molar refractivity (Wildman–Crippen MR) is 77.8 cm³/mol. The van der Waals surface area contributed by atoms with E-state index in [9.17, 15) is 18.0 Å². The zero-order valence-corrected chi connectivity index (χ0v) is 12.1. The number of unbranched alkanes of at least 4 members (excludes halogenated alkanes) is 1. The topological polar surface area (TPSA) is 64.3 Å². The maximum Gasteiger partial charge on any atom is 0.416 e. The number of halogens is 3. The summed E-state index contributed by atoms with van der Waals surface area (Å²) < 4.78 is 43.5. The fraction of sp³-hybridized carbons (Fsp3) is 0.400. The van der Waals surface area contributed by atoms with Gasteiger partial charge < -0.3 is 15.8 Å². The highest BCUT2D eigenvalue weighted by Gasteiger charge is 2.32. The molecule has 0 aliphatic heterocycles. The Bertz CT molecular complexity index is 516. The van der Waals surface area contributed by atoms with Crippen LogP contribution >= 0.6 is 0 Å². The van der Waals surface area contributed by atoms with Crippen molar-refractivity contribution in [2.45, 2.75) is 19.0 Å². The summed E-state index contributed by atoms with van der Waals surface area (Å²) >= 11 is 0. The van der Waals surface area contributed by atoms with Crippen molar-refractivity contribution in [2.75, 3.05) is 19.7 Å². The summed E-state index contributed by atoms with van der Waals surface area (Å²) in [6.07, 6.45) is -1.70. The van der Waals surface area contributed by atoms with Crippen molar-refractivity contribution in [1.82, 2.24) is 5.32 Å². The van der Waals surface area contributed by atoms with Crippen LogP contribution in [-0.2, 0) is 6.18 Å². The highest BCUT2D eigenvalue weighted by molar-refractivity contribution is 5.97. The fourth-order valence-corrected chi connectivity index (χ4v) is 1.72. The van der Waals surface area contributed by atoms with E-state index in [1.807, 2.05) is 0 Å². The summed E-state index contributed by atoms with van der Waals surface area (Å²) in [5.74, 6) is -0.522. The average Bonchev–Trinajstić information content (AvgIpc) is 2.48. The van der Waals surface area contributed by atoms with Crippen LogP contribution in [0.3, 0.4) is 0 Å². The molecule has 0 atom stereocenters. The summed E-state index contributed by atoms with van der Waals surface area (Å²) in [5, 5.41) is 2.56. The summed E-state index contributed by atoms with van der Waals surface area (Å²) in [5.41, 5.74) is 4.29. The Balaban J connectivity index is 2.94. The summed E-state index contributed by atoms with van der Waals surface area (Å²) in [6.45, 7) is 4.39. The van der Waals surface area contributed by atoms with Gasteiger partial charge in [-0.25, -0.2) is 0 Å². The molecular formula is C15H19F3N2O2. The summed E-state index contributed by atoms with van der Waals surface area (Å²) in [7, 11) is 0. The lowest BCUT2D eigenvalue weighted by atomic mass is 10.1. The van der Waals surface area contributed by atoms with E-state index in [0.29, 0.717) is 19.5 Å². The van der Waals surface area contributed by atoms with E-state index in [1.165, 1.54) is 6.08 Å². The maximum atomic E-state index is 12.8. The normalized spacial score (nSPS) is 11.1. The van der Waals surface area contributed by atoms with Crippen LogP contribution < -0.4 is 15.8 Å². The lowest BCUT2D eigenvalue weighted by Gasteiger charge is -2.14. The number of carbonyl (C=O) groups is 1. The molecule has 0 radical (unpaired) electrons. The quantitative estimate of drug-likeness (QED) is 0.572.